The lowest BCUT2D eigenvalue weighted by atomic mass is 10.2. The summed E-state index contributed by atoms with van der Waals surface area (Å²) < 4.78 is 11.7. The zero-order valence-electron chi connectivity index (χ0n) is 9.41. The van der Waals surface area contributed by atoms with Crippen LogP contribution in [0.5, 0.6) is 5.75 Å². The second-order valence-corrected chi connectivity index (χ2v) is 4.23. The lowest BCUT2D eigenvalue weighted by molar-refractivity contribution is 0.101. The minimum absolute atomic E-state index is 0.00409. The molecule has 1 aromatic carbocycles. The van der Waals surface area contributed by atoms with Crippen molar-refractivity contribution in [2.24, 2.45) is 0 Å². The molecule has 0 saturated heterocycles. The van der Waals surface area contributed by atoms with E-state index < -0.39 is 0 Å². The van der Waals surface area contributed by atoms with Crippen molar-refractivity contribution in [1.29, 1.82) is 0 Å². The number of rotatable bonds is 7. The Morgan fingerprint density at radius 3 is 2.75 bits per heavy atom. The van der Waals surface area contributed by atoms with E-state index in [-0.39, 0.29) is 6.61 Å². The maximum absolute atomic E-state index is 9.07. The molecule has 0 aromatic heterocycles. The smallest absolute Gasteiger partial charge is 0.119 e. The van der Waals surface area contributed by atoms with Gasteiger partial charge in [-0.1, -0.05) is 22.9 Å². The molecule has 0 aliphatic heterocycles. The van der Waals surface area contributed by atoms with E-state index in [1.165, 1.54) is 0 Å². The summed E-state index contributed by atoms with van der Waals surface area (Å²) >= 11 is 3.35. The van der Waals surface area contributed by atoms with Gasteiger partial charge in [-0.2, -0.15) is 0 Å². The number of benzene rings is 1. The molecule has 0 atom stereocenters. The van der Waals surface area contributed by atoms with Crippen LogP contribution in [0.1, 0.15) is 18.9 Å². The Balaban J connectivity index is 2.36. The average Bonchev–Trinajstić information content (AvgIpc) is 2.31. The van der Waals surface area contributed by atoms with Gasteiger partial charge >= 0.3 is 0 Å². The molecule has 0 spiro atoms. The lowest BCUT2D eigenvalue weighted by Crippen LogP contribution is -2.07. The van der Waals surface area contributed by atoms with Gasteiger partial charge in [0, 0.05) is 11.1 Å². The van der Waals surface area contributed by atoms with Crippen molar-refractivity contribution in [1.82, 2.24) is 0 Å². The van der Waals surface area contributed by atoms with E-state index >= 15 is 0 Å². The van der Waals surface area contributed by atoms with Crippen LogP contribution in [-0.2, 0) is 11.3 Å². The summed E-state index contributed by atoms with van der Waals surface area (Å²) in [4.78, 5) is 0. The Kier molecular flexibility index (Phi) is 6.45. The Morgan fingerprint density at radius 2 is 2.06 bits per heavy atom. The third-order valence-electron chi connectivity index (χ3n) is 2.03. The first-order valence-corrected chi connectivity index (χ1v) is 6.17. The fraction of sp³-hybridized carbons (Fsp3) is 0.500. The third kappa shape index (κ3) is 4.51. The van der Waals surface area contributed by atoms with Gasteiger partial charge in [-0.15, -0.1) is 0 Å². The monoisotopic (exact) mass is 288 g/mol. The summed E-state index contributed by atoms with van der Waals surface area (Å²) in [5.41, 5.74) is 0.826. The first kappa shape index (κ1) is 13.5. The largest absolute Gasteiger partial charge is 0.491 e. The summed E-state index contributed by atoms with van der Waals surface area (Å²) in [5.74, 6) is 0.757. The van der Waals surface area contributed by atoms with E-state index in [2.05, 4.69) is 22.9 Å². The standard InChI is InChI=1S/C12H17BrO3/c1-2-5-15-6-7-16-11-3-4-12(13)10(8-11)9-14/h3-4,8,14H,2,5-7,9H2,1H3. The van der Waals surface area contributed by atoms with E-state index in [1.807, 2.05) is 18.2 Å². The van der Waals surface area contributed by atoms with Crippen LogP contribution in [-0.4, -0.2) is 24.9 Å². The van der Waals surface area contributed by atoms with Crippen molar-refractivity contribution in [2.75, 3.05) is 19.8 Å². The molecule has 0 bridgehead atoms. The van der Waals surface area contributed by atoms with E-state index in [4.69, 9.17) is 14.6 Å². The van der Waals surface area contributed by atoms with Gasteiger partial charge in [0.25, 0.3) is 0 Å². The summed E-state index contributed by atoms with van der Waals surface area (Å²) in [6.45, 7) is 3.98. The summed E-state index contributed by atoms with van der Waals surface area (Å²) in [7, 11) is 0. The molecular formula is C12H17BrO3. The van der Waals surface area contributed by atoms with Gasteiger partial charge in [0.2, 0.25) is 0 Å². The zero-order valence-corrected chi connectivity index (χ0v) is 11.0. The molecule has 0 aliphatic carbocycles. The molecule has 0 aliphatic rings. The Labute approximate surface area is 105 Å². The minimum atomic E-state index is 0.00409. The molecule has 1 N–H and O–H groups in total. The highest BCUT2D eigenvalue weighted by molar-refractivity contribution is 9.10. The lowest BCUT2D eigenvalue weighted by Gasteiger charge is -2.08. The van der Waals surface area contributed by atoms with Gasteiger partial charge in [-0.05, 0) is 30.2 Å². The van der Waals surface area contributed by atoms with E-state index in [0.717, 1.165) is 28.8 Å². The highest BCUT2D eigenvalue weighted by atomic mass is 79.9. The molecule has 4 heteroatoms. The summed E-state index contributed by atoms with van der Waals surface area (Å²) in [6.07, 6.45) is 1.02. The molecule has 0 unspecified atom stereocenters. The summed E-state index contributed by atoms with van der Waals surface area (Å²) in [5, 5.41) is 9.07. The van der Waals surface area contributed by atoms with Crippen molar-refractivity contribution in [3.05, 3.63) is 28.2 Å². The Bertz CT molecular complexity index is 315. The van der Waals surface area contributed by atoms with E-state index in [1.54, 1.807) is 0 Å². The van der Waals surface area contributed by atoms with Crippen LogP contribution in [0, 0.1) is 0 Å². The highest BCUT2D eigenvalue weighted by Crippen LogP contribution is 2.22. The number of hydrogen-bond donors (Lipinski definition) is 1. The topological polar surface area (TPSA) is 38.7 Å². The first-order chi connectivity index (χ1) is 7.77. The zero-order chi connectivity index (χ0) is 11.8. The van der Waals surface area contributed by atoms with Crippen molar-refractivity contribution in [3.8, 4) is 5.75 Å². The molecule has 0 fully saturated rings. The van der Waals surface area contributed by atoms with Crippen LogP contribution >= 0.6 is 15.9 Å². The summed E-state index contributed by atoms with van der Waals surface area (Å²) in [6, 6.07) is 5.56. The predicted octanol–water partition coefficient (Wildman–Crippen LogP) is 2.75. The molecule has 0 saturated carbocycles. The van der Waals surface area contributed by atoms with Gasteiger partial charge in [0.05, 0.1) is 13.2 Å². The number of halogens is 1. The maximum Gasteiger partial charge on any atom is 0.119 e. The number of aliphatic hydroxyl groups excluding tert-OH is 1. The fourth-order valence-electron chi connectivity index (χ4n) is 1.23. The number of hydrogen-bond acceptors (Lipinski definition) is 3. The molecule has 0 amide bonds. The molecular weight excluding hydrogens is 272 g/mol. The number of ether oxygens (including phenoxy) is 2. The van der Waals surface area contributed by atoms with Crippen molar-refractivity contribution in [2.45, 2.75) is 20.0 Å². The van der Waals surface area contributed by atoms with Crippen LogP contribution in [0.3, 0.4) is 0 Å². The second-order valence-electron chi connectivity index (χ2n) is 3.37. The average molecular weight is 289 g/mol. The molecule has 16 heavy (non-hydrogen) atoms. The Morgan fingerprint density at radius 1 is 1.25 bits per heavy atom. The van der Waals surface area contributed by atoms with Crippen molar-refractivity contribution >= 4 is 15.9 Å². The van der Waals surface area contributed by atoms with Crippen LogP contribution in [0.4, 0.5) is 0 Å². The van der Waals surface area contributed by atoms with Crippen LogP contribution in [0.25, 0.3) is 0 Å². The van der Waals surface area contributed by atoms with Gasteiger partial charge in [-0.3, -0.25) is 0 Å². The normalized spacial score (nSPS) is 10.4. The minimum Gasteiger partial charge on any atom is -0.491 e. The van der Waals surface area contributed by atoms with Gasteiger partial charge < -0.3 is 14.6 Å². The van der Waals surface area contributed by atoms with Gasteiger partial charge in [0.1, 0.15) is 12.4 Å². The van der Waals surface area contributed by atoms with Gasteiger partial charge in [-0.25, -0.2) is 0 Å². The number of aliphatic hydroxyl groups is 1. The molecule has 90 valence electrons. The Hall–Kier alpha value is -0.580. The fourth-order valence-corrected chi connectivity index (χ4v) is 1.60. The SMILES string of the molecule is CCCOCCOc1ccc(Br)c(CO)c1. The quantitative estimate of drug-likeness (QED) is 0.784. The maximum atomic E-state index is 9.07. The van der Waals surface area contributed by atoms with Crippen molar-refractivity contribution in [3.63, 3.8) is 0 Å². The third-order valence-corrected chi connectivity index (χ3v) is 2.81. The van der Waals surface area contributed by atoms with E-state index in [9.17, 15) is 0 Å². The van der Waals surface area contributed by atoms with Crippen LogP contribution < -0.4 is 4.74 Å². The van der Waals surface area contributed by atoms with Crippen LogP contribution in [0.2, 0.25) is 0 Å². The van der Waals surface area contributed by atoms with E-state index in [0.29, 0.717) is 13.2 Å². The van der Waals surface area contributed by atoms with Gasteiger partial charge in [0.15, 0.2) is 0 Å². The second kappa shape index (κ2) is 7.65. The predicted molar refractivity (Wildman–Crippen MR) is 66.7 cm³/mol. The molecule has 0 radical (unpaired) electrons. The highest BCUT2D eigenvalue weighted by Gasteiger charge is 2.01. The van der Waals surface area contributed by atoms with Crippen LogP contribution in [0.15, 0.2) is 22.7 Å². The first-order valence-electron chi connectivity index (χ1n) is 5.37. The molecule has 1 aromatic rings. The molecule has 0 heterocycles. The van der Waals surface area contributed by atoms with Crippen molar-refractivity contribution < 1.29 is 14.6 Å². The molecule has 1 rings (SSSR count). The molecule has 3 nitrogen and oxygen atoms in total.